The topological polar surface area (TPSA) is 162 Å². The van der Waals surface area contributed by atoms with Crippen LogP contribution in [0.4, 0.5) is 5.82 Å². The van der Waals surface area contributed by atoms with Crippen LogP contribution in [0.25, 0.3) is 5.69 Å². The fourth-order valence-corrected chi connectivity index (χ4v) is 2.60. The van der Waals surface area contributed by atoms with Gasteiger partial charge in [-0.25, -0.2) is 9.48 Å². The molecule has 0 saturated carbocycles. The van der Waals surface area contributed by atoms with Crippen LogP contribution in [-0.4, -0.2) is 64.8 Å². The molecule has 3 heterocycles. The average Bonchev–Trinajstić information content (AvgIpc) is 3.15. The van der Waals surface area contributed by atoms with Gasteiger partial charge in [0.1, 0.15) is 24.0 Å². The molecule has 1 saturated heterocycles. The van der Waals surface area contributed by atoms with Crippen molar-refractivity contribution in [3.8, 4) is 5.69 Å². The maximum absolute atomic E-state index is 12.2. The minimum absolute atomic E-state index is 0.0619. The van der Waals surface area contributed by atoms with Crippen molar-refractivity contribution in [2.24, 2.45) is 0 Å². The maximum Gasteiger partial charge on any atom is 0.351 e. The van der Waals surface area contributed by atoms with Crippen LogP contribution in [0.1, 0.15) is 31.7 Å². The minimum atomic E-state index is -1.41. The number of nitrogen functional groups attached to an aromatic ring is 1. The fraction of sp³-hybridized carbons (Fsp3) is 0.571. The lowest BCUT2D eigenvalue weighted by molar-refractivity contribution is -0.0549. The van der Waals surface area contributed by atoms with Gasteiger partial charge in [-0.1, -0.05) is 19.1 Å². The lowest BCUT2D eigenvalue weighted by atomic mass is 10.1. The third-order valence-corrected chi connectivity index (χ3v) is 4.10. The monoisotopic (exact) mass is 352 g/mol. The molecule has 3 rings (SSSR count). The predicted molar refractivity (Wildman–Crippen MR) is 84.9 cm³/mol. The number of ether oxygens (including phenoxy) is 1. The Morgan fingerprint density at radius 2 is 2.04 bits per heavy atom. The Morgan fingerprint density at radius 3 is 2.60 bits per heavy atom. The zero-order valence-electron chi connectivity index (χ0n) is 13.7. The Morgan fingerprint density at radius 1 is 1.32 bits per heavy atom. The van der Waals surface area contributed by atoms with Crippen LogP contribution >= 0.6 is 0 Å². The maximum atomic E-state index is 12.2. The van der Waals surface area contributed by atoms with Crippen molar-refractivity contribution in [2.75, 3.05) is 12.3 Å². The molecule has 1 unspecified atom stereocenters. The molecular weight excluding hydrogens is 332 g/mol. The number of aliphatic hydroxyl groups is 3. The van der Waals surface area contributed by atoms with Crippen LogP contribution in [-0.2, 0) is 4.74 Å². The lowest BCUT2D eigenvalue weighted by Gasteiger charge is -2.18. The molecule has 5 N–H and O–H groups in total. The second-order valence-corrected chi connectivity index (χ2v) is 6.17. The third kappa shape index (κ3) is 3.02. The zero-order valence-corrected chi connectivity index (χ0v) is 13.7. The molecule has 2 aromatic heterocycles. The molecule has 0 bridgehead atoms. The minimum Gasteiger partial charge on any atom is -0.394 e. The summed E-state index contributed by atoms with van der Waals surface area (Å²) >= 11 is 0. The van der Waals surface area contributed by atoms with Crippen LogP contribution in [0.15, 0.2) is 17.2 Å². The van der Waals surface area contributed by atoms with E-state index in [-0.39, 0.29) is 17.4 Å². The van der Waals surface area contributed by atoms with Crippen molar-refractivity contribution in [1.29, 1.82) is 0 Å². The Kier molecular flexibility index (Phi) is 4.56. The van der Waals surface area contributed by atoms with E-state index in [1.807, 2.05) is 13.8 Å². The number of hydrogen-bond acceptors (Lipinski definition) is 9. The first kappa shape index (κ1) is 17.5. The molecule has 0 spiro atoms. The SMILES string of the molecule is CC(C)c1cn(-c2cn([C@@H]3O[C@H](CO)C(O)[C@@H]3O)c(=O)nc2N)nn1. The first-order valence-electron chi connectivity index (χ1n) is 7.77. The molecule has 0 aliphatic carbocycles. The van der Waals surface area contributed by atoms with Gasteiger partial charge in [0.05, 0.1) is 18.5 Å². The van der Waals surface area contributed by atoms with Gasteiger partial charge in [-0.15, -0.1) is 5.10 Å². The Balaban J connectivity index is 2.03. The Bertz CT molecular complexity index is 818. The first-order chi connectivity index (χ1) is 11.8. The number of nitrogens with two attached hydrogens (primary N) is 1. The fourth-order valence-electron chi connectivity index (χ4n) is 2.60. The summed E-state index contributed by atoms with van der Waals surface area (Å²) in [6.45, 7) is 3.41. The molecule has 0 aromatic carbocycles. The lowest BCUT2D eigenvalue weighted by Crippen LogP contribution is -2.36. The van der Waals surface area contributed by atoms with Crippen molar-refractivity contribution >= 4 is 5.82 Å². The molecule has 0 amide bonds. The number of aromatic nitrogens is 5. The van der Waals surface area contributed by atoms with Crippen molar-refractivity contribution in [2.45, 2.75) is 44.3 Å². The summed E-state index contributed by atoms with van der Waals surface area (Å²) in [5.41, 5.74) is 6.05. The van der Waals surface area contributed by atoms with Gasteiger partial charge in [-0.3, -0.25) is 4.57 Å². The largest absolute Gasteiger partial charge is 0.394 e. The highest BCUT2D eigenvalue weighted by Gasteiger charge is 2.44. The molecule has 1 aliphatic rings. The van der Waals surface area contributed by atoms with Crippen molar-refractivity contribution < 1.29 is 20.1 Å². The third-order valence-electron chi connectivity index (χ3n) is 4.10. The van der Waals surface area contributed by atoms with Gasteiger partial charge < -0.3 is 25.8 Å². The van der Waals surface area contributed by atoms with Crippen LogP contribution in [0.2, 0.25) is 0 Å². The summed E-state index contributed by atoms with van der Waals surface area (Å²) in [6.07, 6.45) is -1.98. The van der Waals surface area contributed by atoms with E-state index in [1.54, 1.807) is 6.20 Å². The highest BCUT2D eigenvalue weighted by Crippen LogP contribution is 2.29. The predicted octanol–water partition coefficient (Wildman–Crippen LogP) is -1.86. The molecule has 11 heteroatoms. The molecule has 1 aliphatic heterocycles. The van der Waals surface area contributed by atoms with Gasteiger partial charge in [0.25, 0.3) is 0 Å². The summed E-state index contributed by atoms with van der Waals surface area (Å²) < 4.78 is 7.74. The highest BCUT2D eigenvalue weighted by atomic mass is 16.6. The van der Waals surface area contributed by atoms with Crippen molar-refractivity contribution in [3.05, 3.63) is 28.6 Å². The smallest absolute Gasteiger partial charge is 0.351 e. The van der Waals surface area contributed by atoms with Gasteiger partial charge in [0, 0.05) is 6.20 Å². The van der Waals surface area contributed by atoms with Crippen LogP contribution in [0.3, 0.4) is 0 Å². The van der Waals surface area contributed by atoms with Crippen LogP contribution in [0.5, 0.6) is 0 Å². The molecule has 136 valence electrons. The standard InChI is InChI=1S/C14H20N6O5/c1-6(2)7-3-20(18-17-7)8-4-19(14(24)16-12(8)15)13-11(23)10(22)9(5-21)25-13/h3-4,6,9-11,13,21-23H,5H2,1-2H3,(H2,15,16,24)/t9-,10?,11+,13-/m1/s1. The van der Waals surface area contributed by atoms with E-state index in [2.05, 4.69) is 15.3 Å². The van der Waals surface area contributed by atoms with Gasteiger partial charge in [-0.2, -0.15) is 4.98 Å². The number of rotatable bonds is 4. The Labute approximate surface area is 142 Å². The van der Waals surface area contributed by atoms with E-state index in [0.29, 0.717) is 0 Å². The number of hydrogen-bond donors (Lipinski definition) is 4. The van der Waals surface area contributed by atoms with E-state index in [1.165, 1.54) is 10.9 Å². The number of anilines is 1. The number of aliphatic hydroxyl groups excluding tert-OH is 3. The highest BCUT2D eigenvalue weighted by molar-refractivity contribution is 5.49. The Hall–Kier alpha value is -2.34. The summed E-state index contributed by atoms with van der Waals surface area (Å²) in [5, 5.41) is 37.1. The summed E-state index contributed by atoms with van der Waals surface area (Å²) in [5.74, 6) is 0.0856. The molecular formula is C14H20N6O5. The van der Waals surface area contributed by atoms with Gasteiger partial charge in [0.15, 0.2) is 12.0 Å². The van der Waals surface area contributed by atoms with E-state index >= 15 is 0 Å². The molecule has 11 nitrogen and oxygen atoms in total. The summed E-state index contributed by atoms with van der Waals surface area (Å²) in [4.78, 5) is 15.9. The molecule has 2 aromatic rings. The first-order valence-corrected chi connectivity index (χ1v) is 7.77. The normalized spacial score (nSPS) is 26.5. The van der Waals surface area contributed by atoms with Gasteiger partial charge in [-0.05, 0) is 5.92 Å². The summed E-state index contributed by atoms with van der Waals surface area (Å²) in [7, 11) is 0. The average molecular weight is 352 g/mol. The second kappa shape index (κ2) is 6.52. The van der Waals surface area contributed by atoms with E-state index in [0.717, 1.165) is 10.3 Å². The van der Waals surface area contributed by atoms with E-state index in [4.69, 9.17) is 10.5 Å². The molecule has 4 atom stereocenters. The quantitative estimate of drug-likeness (QED) is 0.494. The van der Waals surface area contributed by atoms with Crippen molar-refractivity contribution in [3.63, 3.8) is 0 Å². The summed E-state index contributed by atoms with van der Waals surface area (Å²) in [6, 6.07) is 0. The number of nitrogens with zero attached hydrogens (tertiary/aromatic N) is 5. The van der Waals surface area contributed by atoms with Crippen LogP contribution < -0.4 is 11.4 Å². The van der Waals surface area contributed by atoms with Crippen LogP contribution in [0, 0.1) is 0 Å². The second-order valence-electron chi connectivity index (χ2n) is 6.17. The zero-order chi connectivity index (χ0) is 18.3. The van der Waals surface area contributed by atoms with E-state index < -0.39 is 36.8 Å². The van der Waals surface area contributed by atoms with Gasteiger partial charge >= 0.3 is 5.69 Å². The van der Waals surface area contributed by atoms with Gasteiger partial charge in [0.2, 0.25) is 0 Å². The van der Waals surface area contributed by atoms with Crippen molar-refractivity contribution in [1.82, 2.24) is 24.5 Å². The molecule has 1 fully saturated rings. The molecule has 0 radical (unpaired) electrons. The molecule has 25 heavy (non-hydrogen) atoms. The van der Waals surface area contributed by atoms with E-state index in [9.17, 15) is 20.1 Å².